The summed E-state index contributed by atoms with van der Waals surface area (Å²) in [4.78, 5) is 35.1. The van der Waals surface area contributed by atoms with Crippen molar-refractivity contribution in [3.63, 3.8) is 0 Å². The fourth-order valence-electron chi connectivity index (χ4n) is 1.67. The highest BCUT2D eigenvalue weighted by Gasteiger charge is 2.45. The summed E-state index contributed by atoms with van der Waals surface area (Å²) in [5.41, 5.74) is 0.319. The molecule has 23 heavy (non-hydrogen) atoms. The van der Waals surface area contributed by atoms with Crippen molar-refractivity contribution < 1.29 is 32.3 Å². The van der Waals surface area contributed by atoms with Gasteiger partial charge in [-0.15, -0.1) is 0 Å². The first kappa shape index (κ1) is 16.9. The van der Waals surface area contributed by atoms with E-state index in [4.69, 9.17) is 4.74 Å². The SMILES string of the molecule is COc1cc(C)nc(N(OC(=O)C(F)(F)F)C(=O)C2CNC2)n1. The molecule has 0 aliphatic carbocycles. The molecule has 126 valence electrons. The number of aromatic nitrogens is 2. The number of hydrogen-bond acceptors (Lipinski definition) is 7. The molecule has 1 aromatic heterocycles. The average molecular weight is 334 g/mol. The van der Waals surface area contributed by atoms with Gasteiger partial charge < -0.3 is 14.9 Å². The maximum Gasteiger partial charge on any atom is 0.493 e. The van der Waals surface area contributed by atoms with Crippen LogP contribution in [0.5, 0.6) is 5.88 Å². The lowest BCUT2D eigenvalue weighted by atomic mass is 10.0. The highest BCUT2D eigenvalue weighted by molar-refractivity contribution is 5.94. The van der Waals surface area contributed by atoms with E-state index in [2.05, 4.69) is 20.1 Å². The lowest BCUT2D eigenvalue weighted by molar-refractivity contribution is -0.202. The summed E-state index contributed by atoms with van der Waals surface area (Å²) < 4.78 is 42.1. The van der Waals surface area contributed by atoms with Gasteiger partial charge in [0.05, 0.1) is 13.0 Å². The van der Waals surface area contributed by atoms with Crippen LogP contribution in [0.1, 0.15) is 5.69 Å². The molecule has 0 atom stereocenters. The van der Waals surface area contributed by atoms with E-state index in [1.807, 2.05) is 0 Å². The van der Waals surface area contributed by atoms with Crippen molar-refractivity contribution in [3.8, 4) is 5.88 Å². The normalized spacial score (nSPS) is 14.8. The number of amides is 1. The van der Waals surface area contributed by atoms with Gasteiger partial charge in [-0.05, 0) is 6.92 Å². The molecule has 0 bridgehead atoms. The van der Waals surface area contributed by atoms with Crippen molar-refractivity contribution in [1.82, 2.24) is 15.3 Å². The molecular weight excluding hydrogens is 321 g/mol. The van der Waals surface area contributed by atoms with E-state index < -0.39 is 29.9 Å². The molecule has 0 radical (unpaired) electrons. The van der Waals surface area contributed by atoms with Gasteiger partial charge in [-0.3, -0.25) is 4.79 Å². The van der Waals surface area contributed by atoms with E-state index in [1.54, 1.807) is 0 Å². The summed E-state index contributed by atoms with van der Waals surface area (Å²) in [5, 5.41) is 2.95. The van der Waals surface area contributed by atoms with Gasteiger partial charge in [0.15, 0.2) is 0 Å². The number of anilines is 1. The number of nitrogens with zero attached hydrogens (tertiary/aromatic N) is 3. The van der Waals surface area contributed by atoms with Crippen LogP contribution in [0.15, 0.2) is 6.07 Å². The number of carbonyl (C=O) groups is 2. The zero-order valence-corrected chi connectivity index (χ0v) is 12.2. The Balaban J connectivity index is 2.34. The summed E-state index contributed by atoms with van der Waals surface area (Å²) in [5.74, 6) is -4.52. The molecule has 0 unspecified atom stereocenters. The van der Waals surface area contributed by atoms with Gasteiger partial charge in [-0.25, -0.2) is 9.78 Å². The molecule has 2 heterocycles. The number of nitrogens with one attached hydrogen (secondary N) is 1. The Bertz CT molecular complexity index is 619. The maximum atomic E-state index is 12.4. The smallest absolute Gasteiger partial charge is 0.481 e. The molecule has 11 heteroatoms. The number of aryl methyl sites for hydroxylation is 1. The van der Waals surface area contributed by atoms with Crippen LogP contribution in [0.25, 0.3) is 0 Å². The molecule has 8 nitrogen and oxygen atoms in total. The van der Waals surface area contributed by atoms with Crippen LogP contribution in [0.2, 0.25) is 0 Å². The van der Waals surface area contributed by atoms with Gasteiger partial charge in [-0.2, -0.15) is 18.2 Å². The minimum atomic E-state index is -5.26. The molecule has 1 amide bonds. The predicted octanol–water partition coefficient (Wildman–Crippen LogP) is 0.367. The molecule has 1 aromatic rings. The largest absolute Gasteiger partial charge is 0.493 e. The molecule has 1 aliphatic heterocycles. The zero-order valence-electron chi connectivity index (χ0n) is 12.2. The number of ether oxygens (including phenoxy) is 1. The van der Waals surface area contributed by atoms with Crippen molar-refractivity contribution in [3.05, 3.63) is 11.8 Å². The molecule has 0 aromatic carbocycles. The number of methoxy groups -OCH3 is 1. The third kappa shape index (κ3) is 3.86. The number of hydrogen-bond donors (Lipinski definition) is 1. The van der Waals surface area contributed by atoms with Crippen molar-refractivity contribution in [2.24, 2.45) is 5.92 Å². The van der Waals surface area contributed by atoms with Gasteiger partial charge in [0.2, 0.25) is 5.88 Å². The topological polar surface area (TPSA) is 93.7 Å². The predicted molar refractivity (Wildman–Crippen MR) is 69.3 cm³/mol. The molecule has 1 aliphatic rings. The summed E-state index contributed by atoms with van der Waals surface area (Å²) in [6, 6.07) is 1.41. The second-order valence-corrected chi connectivity index (χ2v) is 4.72. The van der Waals surface area contributed by atoms with Gasteiger partial charge in [0.25, 0.3) is 11.9 Å². The molecular formula is C12H13F3N4O4. The van der Waals surface area contributed by atoms with E-state index in [-0.39, 0.29) is 24.0 Å². The Morgan fingerprint density at radius 1 is 1.35 bits per heavy atom. The van der Waals surface area contributed by atoms with Crippen LogP contribution >= 0.6 is 0 Å². The van der Waals surface area contributed by atoms with Gasteiger partial charge in [-0.1, -0.05) is 5.06 Å². The van der Waals surface area contributed by atoms with Crippen molar-refractivity contribution in [2.75, 3.05) is 25.3 Å². The average Bonchev–Trinajstić information content (AvgIpc) is 2.40. The summed E-state index contributed by atoms with van der Waals surface area (Å²) in [6.07, 6.45) is -5.26. The van der Waals surface area contributed by atoms with Crippen LogP contribution < -0.4 is 15.1 Å². The summed E-state index contributed by atoms with van der Waals surface area (Å²) in [6.45, 7) is 2.02. The number of halogens is 3. The second kappa shape index (κ2) is 6.36. The number of carbonyl (C=O) groups excluding carboxylic acids is 2. The van der Waals surface area contributed by atoms with Crippen LogP contribution in [0.3, 0.4) is 0 Å². The second-order valence-electron chi connectivity index (χ2n) is 4.72. The Hall–Kier alpha value is -2.43. The molecule has 0 saturated carbocycles. The highest BCUT2D eigenvalue weighted by atomic mass is 19.4. The van der Waals surface area contributed by atoms with E-state index >= 15 is 0 Å². The van der Waals surface area contributed by atoms with E-state index in [0.717, 1.165) is 0 Å². The zero-order chi connectivity index (χ0) is 17.2. The van der Waals surface area contributed by atoms with E-state index in [0.29, 0.717) is 5.69 Å². The monoisotopic (exact) mass is 334 g/mol. The lowest BCUT2D eigenvalue weighted by Gasteiger charge is -2.30. The third-order valence-electron chi connectivity index (χ3n) is 2.95. The van der Waals surface area contributed by atoms with Crippen LogP contribution in [0.4, 0.5) is 19.1 Å². The minimum absolute atomic E-state index is 0.0140. The quantitative estimate of drug-likeness (QED) is 0.798. The van der Waals surface area contributed by atoms with Crippen LogP contribution in [-0.2, 0) is 14.4 Å². The van der Waals surface area contributed by atoms with Crippen molar-refractivity contribution in [1.29, 1.82) is 0 Å². The van der Waals surface area contributed by atoms with Crippen LogP contribution in [0, 0.1) is 12.8 Å². The number of alkyl halides is 3. The fourth-order valence-corrected chi connectivity index (χ4v) is 1.67. The fraction of sp³-hybridized carbons (Fsp3) is 0.500. The maximum absolute atomic E-state index is 12.4. The van der Waals surface area contributed by atoms with Gasteiger partial charge >= 0.3 is 12.1 Å². The molecule has 1 N–H and O–H groups in total. The molecule has 0 spiro atoms. The van der Waals surface area contributed by atoms with Crippen LogP contribution in [-0.4, -0.2) is 48.2 Å². The summed E-state index contributed by atoms with van der Waals surface area (Å²) >= 11 is 0. The standard InChI is InChI=1S/C12H13F3N4O4/c1-6-3-8(22-2)18-11(17-6)19(9(20)7-4-16-5-7)23-10(21)12(13,14)15/h3,7,16H,4-5H2,1-2H3. The van der Waals surface area contributed by atoms with E-state index in [1.165, 1.54) is 20.1 Å². The van der Waals surface area contributed by atoms with Gasteiger partial charge in [0, 0.05) is 24.8 Å². The molecule has 1 fully saturated rings. The minimum Gasteiger partial charge on any atom is -0.481 e. The number of hydroxylamine groups is 1. The first-order valence-electron chi connectivity index (χ1n) is 6.46. The first-order valence-corrected chi connectivity index (χ1v) is 6.46. The van der Waals surface area contributed by atoms with Crippen molar-refractivity contribution >= 4 is 17.8 Å². The third-order valence-corrected chi connectivity index (χ3v) is 2.95. The van der Waals surface area contributed by atoms with E-state index in [9.17, 15) is 22.8 Å². The Kier molecular flexibility index (Phi) is 4.68. The number of rotatable bonds is 3. The van der Waals surface area contributed by atoms with Gasteiger partial charge in [0.1, 0.15) is 0 Å². The molecule has 1 saturated heterocycles. The summed E-state index contributed by atoms with van der Waals surface area (Å²) in [7, 11) is 1.29. The first-order chi connectivity index (χ1) is 10.7. The Morgan fingerprint density at radius 3 is 2.48 bits per heavy atom. The Morgan fingerprint density at radius 2 is 2.00 bits per heavy atom. The highest BCUT2D eigenvalue weighted by Crippen LogP contribution is 2.23. The lowest BCUT2D eigenvalue weighted by Crippen LogP contribution is -2.53. The Labute approximate surface area is 128 Å². The molecule has 2 rings (SSSR count). The van der Waals surface area contributed by atoms with Crippen molar-refractivity contribution in [2.45, 2.75) is 13.1 Å².